The summed E-state index contributed by atoms with van der Waals surface area (Å²) < 4.78 is 10.9. The van der Waals surface area contributed by atoms with E-state index in [0.29, 0.717) is 42.7 Å². The highest BCUT2D eigenvalue weighted by Gasteiger charge is 2.27. The second kappa shape index (κ2) is 8.04. The summed E-state index contributed by atoms with van der Waals surface area (Å²) in [5, 5.41) is 12.0. The lowest BCUT2D eigenvalue weighted by molar-refractivity contribution is -0.142. The molecule has 0 heterocycles. The number of carboxylic acids is 1. The van der Waals surface area contributed by atoms with Crippen LogP contribution in [0.25, 0.3) is 0 Å². The second-order valence-corrected chi connectivity index (χ2v) is 6.39. The molecule has 6 nitrogen and oxygen atoms in total. The Labute approximate surface area is 142 Å². The highest BCUT2D eigenvalue weighted by molar-refractivity contribution is 5.97. The molecule has 0 saturated heterocycles. The van der Waals surface area contributed by atoms with E-state index in [1.165, 1.54) is 0 Å². The van der Waals surface area contributed by atoms with E-state index in [0.717, 1.165) is 0 Å². The normalized spacial score (nSPS) is 20.5. The van der Waals surface area contributed by atoms with Crippen LogP contribution in [0.1, 0.15) is 49.9 Å². The molecule has 0 spiro atoms. The molecule has 0 unspecified atom stereocenters. The molecule has 1 saturated carbocycles. The largest absolute Gasteiger partial charge is 0.497 e. The summed E-state index contributed by atoms with van der Waals surface area (Å²) in [6.45, 7) is 3.79. The Morgan fingerprint density at radius 1 is 1.21 bits per heavy atom. The molecule has 0 aliphatic heterocycles. The molecule has 1 aliphatic carbocycles. The van der Waals surface area contributed by atoms with Crippen LogP contribution in [0.5, 0.6) is 11.5 Å². The van der Waals surface area contributed by atoms with E-state index in [9.17, 15) is 9.59 Å². The van der Waals surface area contributed by atoms with Crippen LogP contribution in [0.3, 0.4) is 0 Å². The summed E-state index contributed by atoms with van der Waals surface area (Å²) in [6.07, 6.45) is 2.49. The molecule has 2 rings (SSSR count). The van der Waals surface area contributed by atoms with Gasteiger partial charge in [-0.05, 0) is 51.7 Å². The van der Waals surface area contributed by atoms with Gasteiger partial charge in [-0.3, -0.25) is 9.59 Å². The first kappa shape index (κ1) is 18.1. The van der Waals surface area contributed by atoms with Gasteiger partial charge in [-0.1, -0.05) is 0 Å². The van der Waals surface area contributed by atoms with Gasteiger partial charge < -0.3 is 19.9 Å². The third kappa shape index (κ3) is 4.63. The van der Waals surface area contributed by atoms with Crippen molar-refractivity contribution in [1.82, 2.24) is 5.32 Å². The number of nitrogens with one attached hydrogen (secondary N) is 1. The number of aliphatic carboxylic acids is 1. The maximum atomic E-state index is 12.6. The van der Waals surface area contributed by atoms with E-state index in [1.54, 1.807) is 25.3 Å². The quantitative estimate of drug-likeness (QED) is 0.835. The first-order valence-corrected chi connectivity index (χ1v) is 8.29. The van der Waals surface area contributed by atoms with Gasteiger partial charge in [0.2, 0.25) is 0 Å². The molecule has 1 amide bonds. The molecule has 132 valence electrons. The summed E-state index contributed by atoms with van der Waals surface area (Å²) >= 11 is 0. The Hall–Kier alpha value is -2.24. The lowest BCUT2D eigenvalue weighted by Gasteiger charge is -2.27. The van der Waals surface area contributed by atoms with Crippen LogP contribution in [-0.4, -0.2) is 36.2 Å². The zero-order chi connectivity index (χ0) is 17.7. The number of hydrogen-bond acceptors (Lipinski definition) is 4. The van der Waals surface area contributed by atoms with Crippen molar-refractivity contribution >= 4 is 11.9 Å². The van der Waals surface area contributed by atoms with Crippen molar-refractivity contribution in [2.24, 2.45) is 5.92 Å². The van der Waals surface area contributed by atoms with Crippen LogP contribution in [0.15, 0.2) is 18.2 Å². The lowest BCUT2D eigenvalue weighted by atomic mass is 9.86. The fourth-order valence-corrected chi connectivity index (χ4v) is 2.92. The fourth-order valence-electron chi connectivity index (χ4n) is 2.92. The van der Waals surface area contributed by atoms with Crippen molar-refractivity contribution in [3.63, 3.8) is 0 Å². The summed E-state index contributed by atoms with van der Waals surface area (Å²) in [5.41, 5.74) is 0.463. The molecule has 6 heteroatoms. The van der Waals surface area contributed by atoms with E-state index >= 15 is 0 Å². The number of carboxylic acid groups (broad SMARTS) is 1. The number of benzene rings is 1. The standard InChI is InChI=1S/C18H25NO5/c1-11(2)24-16-10-14(23-3)8-9-15(16)17(20)19-13-6-4-12(5-7-13)18(21)22/h8-13H,4-7H2,1-3H3,(H,19,20)(H,21,22). The van der Waals surface area contributed by atoms with Gasteiger partial charge >= 0.3 is 5.97 Å². The minimum Gasteiger partial charge on any atom is -0.497 e. The zero-order valence-electron chi connectivity index (χ0n) is 14.4. The summed E-state index contributed by atoms with van der Waals surface area (Å²) in [5.74, 6) is -0.126. The van der Waals surface area contributed by atoms with Crippen molar-refractivity contribution in [2.45, 2.75) is 51.7 Å². The minimum atomic E-state index is -0.748. The number of rotatable bonds is 6. The van der Waals surface area contributed by atoms with Gasteiger partial charge in [0.1, 0.15) is 11.5 Å². The molecule has 0 atom stereocenters. The van der Waals surface area contributed by atoms with Gasteiger partial charge in [-0.15, -0.1) is 0 Å². The van der Waals surface area contributed by atoms with Crippen LogP contribution < -0.4 is 14.8 Å². The molecule has 1 aromatic carbocycles. The van der Waals surface area contributed by atoms with Gasteiger partial charge in [0.05, 0.1) is 24.7 Å². The molecule has 1 aliphatic rings. The van der Waals surface area contributed by atoms with E-state index in [-0.39, 0.29) is 24.0 Å². The van der Waals surface area contributed by atoms with Crippen LogP contribution in [-0.2, 0) is 4.79 Å². The van der Waals surface area contributed by atoms with E-state index < -0.39 is 5.97 Å². The summed E-state index contributed by atoms with van der Waals surface area (Å²) in [4.78, 5) is 23.6. The topological polar surface area (TPSA) is 84.9 Å². The third-order valence-corrected chi connectivity index (χ3v) is 4.21. The summed E-state index contributed by atoms with van der Waals surface area (Å²) in [7, 11) is 1.56. The van der Waals surface area contributed by atoms with Crippen LogP contribution in [0.2, 0.25) is 0 Å². The highest BCUT2D eigenvalue weighted by atomic mass is 16.5. The molecule has 1 fully saturated rings. The van der Waals surface area contributed by atoms with Gasteiger partial charge in [-0.2, -0.15) is 0 Å². The number of hydrogen-bond donors (Lipinski definition) is 2. The van der Waals surface area contributed by atoms with Crippen LogP contribution in [0.4, 0.5) is 0 Å². The molecular weight excluding hydrogens is 310 g/mol. The number of carbonyl (C=O) groups excluding carboxylic acids is 1. The molecule has 0 aromatic heterocycles. The van der Waals surface area contributed by atoms with Crippen molar-refractivity contribution in [3.8, 4) is 11.5 Å². The van der Waals surface area contributed by atoms with Crippen molar-refractivity contribution in [1.29, 1.82) is 0 Å². The third-order valence-electron chi connectivity index (χ3n) is 4.21. The van der Waals surface area contributed by atoms with E-state index in [1.807, 2.05) is 13.8 Å². The monoisotopic (exact) mass is 335 g/mol. The predicted molar refractivity (Wildman–Crippen MR) is 89.6 cm³/mol. The highest BCUT2D eigenvalue weighted by Crippen LogP contribution is 2.28. The maximum Gasteiger partial charge on any atom is 0.306 e. The number of ether oxygens (including phenoxy) is 2. The van der Waals surface area contributed by atoms with Gasteiger partial charge in [0.15, 0.2) is 0 Å². The van der Waals surface area contributed by atoms with Gasteiger partial charge in [0, 0.05) is 12.1 Å². The van der Waals surface area contributed by atoms with Crippen LogP contribution in [0, 0.1) is 5.92 Å². The Morgan fingerprint density at radius 3 is 2.42 bits per heavy atom. The van der Waals surface area contributed by atoms with E-state index in [4.69, 9.17) is 14.6 Å². The number of amides is 1. The van der Waals surface area contributed by atoms with Crippen molar-refractivity contribution in [2.75, 3.05) is 7.11 Å². The Balaban J connectivity index is 2.05. The lowest BCUT2D eigenvalue weighted by Crippen LogP contribution is -2.38. The SMILES string of the molecule is COc1ccc(C(=O)NC2CCC(C(=O)O)CC2)c(OC(C)C)c1. The molecule has 2 N–H and O–H groups in total. The smallest absolute Gasteiger partial charge is 0.306 e. The fraction of sp³-hybridized carbons (Fsp3) is 0.556. The molecule has 24 heavy (non-hydrogen) atoms. The Morgan fingerprint density at radius 2 is 1.88 bits per heavy atom. The second-order valence-electron chi connectivity index (χ2n) is 6.39. The Kier molecular flexibility index (Phi) is 6.06. The summed E-state index contributed by atoms with van der Waals surface area (Å²) in [6, 6.07) is 5.12. The first-order chi connectivity index (χ1) is 11.4. The van der Waals surface area contributed by atoms with Gasteiger partial charge in [0.25, 0.3) is 5.91 Å². The first-order valence-electron chi connectivity index (χ1n) is 8.29. The Bertz CT molecular complexity index is 591. The van der Waals surface area contributed by atoms with E-state index in [2.05, 4.69) is 5.32 Å². The predicted octanol–water partition coefficient (Wildman–Crippen LogP) is 2.86. The van der Waals surface area contributed by atoms with Crippen molar-refractivity contribution < 1.29 is 24.2 Å². The molecule has 0 bridgehead atoms. The average Bonchev–Trinajstić information content (AvgIpc) is 2.54. The van der Waals surface area contributed by atoms with Crippen LogP contribution >= 0.6 is 0 Å². The zero-order valence-corrected chi connectivity index (χ0v) is 14.4. The van der Waals surface area contributed by atoms with Gasteiger partial charge in [-0.25, -0.2) is 0 Å². The molecular formula is C18H25NO5. The number of carbonyl (C=O) groups is 2. The number of methoxy groups -OCH3 is 1. The maximum absolute atomic E-state index is 12.6. The molecule has 1 aromatic rings. The van der Waals surface area contributed by atoms with Crippen molar-refractivity contribution in [3.05, 3.63) is 23.8 Å². The minimum absolute atomic E-state index is 0.00195. The average molecular weight is 335 g/mol. The molecule has 0 radical (unpaired) electrons.